The molecule has 82 valence electrons. The number of benzene rings is 1. The maximum absolute atomic E-state index is 13.4. The first-order valence-electron chi connectivity index (χ1n) is 5.34. The van der Waals surface area contributed by atoms with Gasteiger partial charge in [-0.15, -0.1) is 0 Å². The van der Waals surface area contributed by atoms with Crippen LogP contribution in [0.25, 0.3) is 0 Å². The molecule has 1 unspecified atom stereocenters. The second-order valence-corrected chi connectivity index (χ2v) is 5.09. The third-order valence-electron chi connectivity index (χ3n) is 2.74. The molecule has 1 N–H and O–H groups in total. The predicted octanol–water partition coefficient (Wildman–Crippen LogP) is 2.90. The summed E-state index contributed by atoms with van der Waals surface area (Å²) >= 11 is 1.94. The van der Waals surface area contributed by atoms with Crippen molar-refractivity contribution in [1.82, 2.24) is 5.32 Å². The van der Waals surface area contributed by atoms with E-state index in [-0.39, 0.29) is 5.82 Å². The van der Waals surface area contributed by atoms with Crippen molar-refractivity contribution in [2.24, 2.45) is 0 Å². The van der Waals surface area contributed by atoms with Crippen LogP contribution in [0.1, 0.15) is 23.6 Å². The molecule has 1 atom stereocenters. The lowest BCUT2D eigenvalue weighted by Gasteiger charge is -2.16. The van der Waals surface area contributed by atoms with Crippen molar-refractivity contribution in [2.75, 3.05) is 18.1 Å². The fourth-order valence-corrected chi connectivity index (χ4v) is 2.81. The van der Waals surface area contributed by atoms with Crippen molar-refractivity contribution >= 4 is 11.8 Å². The molecule has 1 heterocycles. The van der Waals surface area contributed by atoms with Crippen LogP contribution in [0.2, 0.25) is 0 Å². The Morgan fingerprint density at radius 3 is 3.13 bits per heavy atom. The van der Waals surface area contributed by atoms with Crippen LogP contribution in [0.3, 0.4) is 0 Å². The normalized spacial score (nSPS) is 22.4. The van der Waals surface area contributed by atoms with E-state index < -0.39 is 0 Å². The number of hydrogen-bond donors (Lipinski definition) is 1. The molecule has 1 saturated heterocycles. The fraction of sp³-hybridized carbons (Fsp3) is 0.500. The van der Waals surface area contributed by atoms with Crippen LogP contribution in [-0.4, -0.2) is 18.1 Å². The van der Waals surface area contributed by atoms with Gasteiger partial charge in [0.25, 0.3) is 0 Å². The summed E-state index contributed by atoms with van der Waals surface area (Å²) in [5.74, 6) is 2.16. The van der Waals surface area contributed by atoms with Gasteiger partial charge in [0.2, 0.25) is 0 Å². The van der Waals surface area contributed by atoms with Crippen molar-refractivity contribution in [3.05, 3.63) is 35.1 Å². The van der Waals surface area contributed by atoms with Crippen molar-refractivity contribution < 1.29 is 4.39 Å². The van der Waals surface area contributed by atoms with Gasteiger partial charge < -0.3 is 5.32 Å². The molecule has 3 heteroatoms. The van der Waals surface area contributed by atoms with Gasteiger partial charge >= 0.3 is 0 Å². The van der Waals surface area contributed by atoms with Crippen LogP contribution in [0.4, 0.5) is 4.39 Å². The molecule has 0 bridgehead atoms. The quantitative estimate of drug-likeness (QED) is 0.788. The Hall–Kier alpha value is -0.540. The second kappa shape index (κ2) is 4.99. The van der Waals surface area contributed by atoms with Gasteiger partial charge in [0.15, 0.2) is 0 Å². The maximum Gasteiger partial charge on any atom is 0.126 e. The number of thioether (sulfide) groups is 1. The average molecular weight is 225 g/mol. The Kier molecular flexibility index (Phi) is 3.65. The summed E-state index contributed by atoms with van der Waals surface area (Å²) in [4.78, 5) is 0. The van der Waals surface area contributed by atoms with Crippen LogP contribution in [0.5, 0.6) is 0 Å². The highest BCUT2D eigenvalue weighted by Crippen LogP contribution is 2.23. The lowest BCUT2D eigenvalue weighted by molar-refractivity contribution is 0.575. The van der Waals surface area contributed by atoms with E-state index in [1.54, 1.807) is 13.0 Å². The summed E-state index contributed by atoms with van der Waals surface area (Å²) < 4.78 is 13.4. The molecule has 1 aliphatic rings. The predicted molar refractivity (Wildman–Crippen MR) is 63.8 cm³/mol. The molecule has 2 rings (SSSR count). The van der Waals surface area contributed by atoms with E-state index in [1.807, 2.05) is 23.9 Å². The van der Waals surface area contributed by atoms with Crippen molar-refractivity contribution in [1.29, 1.82) is 0 Å². The van der Waals surface area contributed by atoms with E-state index in [9.17, 15) is 4.39 Å². The molecule has 0 aromatic heterocycles. The van der Waals surface area contributed by atoms with Gasteiger partial charge in [-0.1, -0.05) is 12.1 Å². The molecule has 1 aliphatic heterocycles. The van der Waals surface area contributed by atoms with Gasteiger partial charge in [-0.05, 0) is 42.8 Å². The summed E-state index contributed by atoms with van der Waals surface area (Å²) in [6.45, 7) is 2.83. The molecule has 0 spiro atoms. The van der Waals surface area contributed by atoms with Crippen LogP contribution in [-0.2, 0) is 0 Å². The zero-order valence-electron chi connectivity index (χ0n) is 8.92. The molecular formula is C12H16FNS. The van der Waals surface area contributed by atoms with Crippen LogP contribution in [0.15, 0.2) is 18.2 Å². The molecule has 15 heavy (non-hydrogen) atoms. The highest BCUT2D eigenvalue weighted by Gasteiger charge is 2.14. The number of nitrogens with one attached hydrogen (secondary N) is 1. The van der Waals surface area contributed by atoms with E-state index in [0.717, 1.165) is 23.4 Å². The van der Waals surface area contributed by atoms with E-state index in [2.05, 4.69) is 5.32 Å². The van der Waals surface area contributed by atoms with Crippen LogP contribution >= 0.6 is 11.8 Å². The van der Waals surface area contributed by atoms with Gasteiger partial charge in [0.1, 0.15) is 5.82 Å². The lowest BCUT2D eigenvalue weighted by Crippen LogP contribution is -2.22. The lowest BCUT2D eigenvalue weighted by atomic mass is 10.1. The highest BCUT2D eigenvalue weighted by molar-refractivity contribution is 7.99. The average Bonchev–Trinajstić information content (AvgIpc) is 2.50. The van der Waals surface area contributed by atoms with Crippen LogP contribution < -0.4 is 5.32 Å². The minimum Gasteiger partial charge on any atom is -0.309 e. The van der Waals surface area contributed by atoms with Crippen molar-refractivity contribution in [3.8, 4) is 0 Å². The van der Waals surface area contributed by atoms with E-state index in [0.29, 0.717) is 6.04 Å². The smallest absolute Gasteiger partial charge is 0.126 e. The molecule has 1 aromatic carbocycles. The molecule has 0 saturated carbocycles. The first-order valence-corrected chi connectivity index (χ1v) is 6.50. The monoisotopic (exact) mass is 225 g/mol. The molecular weight excluding hydrogens is 209 g/mol. The Morgan fingerprint density at radius 2 is 2.33 bits per heavy atom. The van der Waals surface area contributed by atoms with Crippen molar-refractivity contribution in [3.63, 3.8) is 0 Å². The van der Waals surface area contributed by atoms with Gasteiger partial charge in [0.05, 0.1) is 0 Å². The molecule has 0 aliphatic carbocycles. The molecule has 0 amide bonds. The molecule has 0 radical (unpaired) electrons. The zero-order chi connectivity index (χ0) is 10.7. The third kappa shape index (κ3) is 2.73. The fourth-order valence-electron chi connectivity index (χ4n) is 1.75. The summed E-state index contributed by atoms with van der Waals surface area (Å²) in [5, 5.41) is 3.46. The first-order chi connectivity index (χ1) is 7.27. The number of hydrogen-bond acceptors (Lipinski definition) is 2. The molecule has 1 fully saturated rings. The minimum atomic E-state index is -0.0939. The minimum absolute atomic E-state index is 0.0939. The maximum atomic E-state index is 13.4. The topological polar surface area (TPSA) is 12.0 Å². The Bertz CT molecular complexity index is 332. The van der Waals surface area contributed by atoms with E-state index in [4.69, 9.17) is 0 Å². The zero-order valence-corrected chi connectivity index (χ0v) is 9.74. The van der Waals surface area contributed by atoms with E-state index in [1.165, 1.54) is 12.2 Å². The Morgan fingerprint density at radius 1 is 1.47 bits per heavy atom. The van der Waals surface area contributed by atoms with Crippen LogP contribution in [0, 0.1) is 12.7 Å². The first kappa shape index (κ1) is 11.0. The van der Waals surface area contributed by atoms with E-state index >= 15 is 0 Å². The number of halogens is 1. The number of rotatable bonds is 1. The Labute approximate surface area is 94.5 Å². The largest absolute Gasteiger partial charge is 0.309 e. The van der Waals surface area contributed by atoms with Crippen molar-refractivity contribution in [2.45, 2.75) is 19.4 Å². The molecule has 1 nitrogen and oxygen atoms in total. The SMILES string of the molecule is Cc1ccc(C2CSCCCN2)cc1F. The summed E-state index contributed by atoms with van der Waals surface area (Å²) in [6, 6.07) is 5.87. The standard InChI is InChI=1S/C12H16FNS/c1-9-3-4-10(7-11(9)13)12-8-15-6-2-5-14-12/h3-4,7,12,14H,2,5-6,8H2,1H3. The van der Waals surface area contributed by atoms with Gasteiger partial charge in [0, 0.05) is 11.8 Å². The number of aryl methyl sites for hydroxylation is 1. The van der Waals surface area contributed by atoms with Gasteiger partial charge in [-0.2, -0.15) is 11.8 Å². The van der Waals surface area contributed by atoms with Gasteiger partial charge in [-0.25, -0.2) is 4.39 Å². The highest BCUT2D eigenvalue weighted by atomic mass is 32.2. The second-order valence-electron chi connectivity index (χ2n) is 3.94. The third-order valence-corrected chi connectivity index (χ3v) is 3.89. The molecule has 1 aromatic rings. The summed E-state index contributed by atoms with van der Waals surface area (Å²) in [6.07, 6.45) is 1.20. The van der Waals surface area contributed by atoms with Gasteiger partial charge in [-0.3, -0.25) is 0 Å². The summed E-state index contributed by atoms with van der Waals surface area (Å²) in [7, 11) is 0. The summed E-state index contributed by atoms with van der Waals surface area (Å²) in [5.41, 5.74) is 1.80. The Balaban J connectivity index is 2.16.